The summed E-state index contributed by atoms with van der Waals surface area (Å²) in [6.45, 7) is 3.25. The second-order valence-electron chi connectivity index (χ2n) is 5.00. The van der Waals surface area contributed by atoms with Crippen molar-refractivity contribution in [1.82, 2.24) is 5.32 Å². The highest BCUT2D eigenvalue weighted by atomic mass is 35.5. The molecule has 0 aromatic heterocycles. The van der Waals surface area contributed by atoms with Gasteiger partial charge in [0.1, 0.15) is 0 Å². The number of nitriles is 1. The summed E-state index contributed by atoms with van der Waals surface area (Å²) in [5.41, 5.74) is 2.11. The van der Waals surface area contributed by atoms with E-state index in [0.717, 1.165) is 0 Å². The first-order valence-corrected chi connectivity index (χ1v) is 7.56. The Balaban J connectivity index is 2.69. The third-order valence-electron chi connectivity index (χ3n) is 3.64. The molecule has 0 fully saturated rings. The standard InChI is InChI=1S/C17H17ClN2O3/c1-3-23-17(22)16-14(9-21)20-10(2)12(8-19)15(16)11-6-4-5-7-13(11)18/h4-7,15,20-21H,3,9H2,1-2H3. The number of hydrogen-bond donors (Lipinski definition) is 2. The van der Waals surface area contributed by atoms with Crippen LogP contribution in [0.1, 0.15) is 25.3 Å². The van der Waals surface area contributed by atoms with Crippen LogP contribution in [0.15, 0.2) is 46.8 Å². The van der Waals surface area contributed by atoms with Crippen molar-refractivity contribution in [3.63, 3.8) is 0 Å². The molecule has 1 aliphatic heterocycles. The van der Waals surface area contributed by atoms with Gasteiger partial charge in [0.05, 0.1) is 42.0 Å². The summed E-state index contributed by atoms with van der Waals surface area (Å²) in [5.74, 6) is -1.25. The number of carbonyl (C=O) groups is 1. The first kappa shape index (κ1) is 17.1. The molecule has 0 spiro atoms. The Hall–Kier alpha value is -2.29. The summed E-state index contributed by atoms with van der Waals surface area (Å²) in [6.07, 6.45) is 0. The fraction of sp³-hybridized carbons (Fsp3) is 0.294. The normalized spacial score (nSPS) is 17.6. The van der Waals surface area contributed by atoms with E-state index in [4.69, 9.17) is 16.3 Å². The van der Waals surface area contributed by atoms with Gasteiger partial charge in [-0.05, 0) is 25.5 Å². The van der Waals surface area contributed by atoms with Crippen molar-refractivity contribution in [3.8, 4) is 6.07 Å². The minimum Gasteiger partial charge on any atom is -0.463 e. The minimum atomic E-state index is -0.670. The monoisotopic (exact) mass is 332 g/mol. The molecule has 0 radical (unpaired) electrons. The highest BCUT2D eigenvalue weighted by Crippen LogP contribution is 2.40. The zero-order chi connectivity index (χ0) is 17.0. The van der Waals surface area contributed by atoms with Crippen molar-refractivity contribution in [1.29, 1.82) is 5.26 Å². The first-order valence-electron chi connectivity index (χ1n) is 7.18. The fourth-order valence-electron chi connectivity index (χ4n) is 2.64. The van der Waals surface area contributed by atoms with E-state index in [0.29, 0.717) is 27.6 Å². The summed E-state index contributed by atoms with van der Waals surface area (Å²) in [7, 11) is 0. The zero-order valence-electron chi connectivity index (χ0n) is 12.9. The number of carbonyl (C=O) groups excluding carboxylic acids is 1. The van der Waals surface area contributed by atoms with E-state index in [1.54, 1.807) is 38.1 Å². The number of nitrogens with zero attached hydrogens (tertiary/aromatic N) is 1. The van der Waals surface area contributed by atoms with Crippen molar-refractivity contribution in [2.75, 3.05) is 13.2 Å². The summed E-state index contributed by atoms with van der Waals surface area (Å²) in [4.78, 5) is 12.4. The van der Waals surface area contributed by atoms with Crippen molar-refractivity contribution in [2.24, 2.45) is 0 Å². The highest BCUT2D eigenvalue weighted by Gasteiger charge is 2.36. The van der Waals surface area contributed by atoms with Gasteiger partial charge in [-0.3, -0.25) is 0 Å². The zero-order valence-corrected chi connectivity index (χ0v) is 13.6. The number of nitrogens with one attached hydrogen (secondary N) is 1. The van der Waals surface area contributed by atoms with Crippen molar-refractivity contribution in [3.05, 3.63) is 57.4 Å². The van der Waals surface area contributed by atoms with Crippen LogP contribution in [0.4, 0.5) is 0 Å². The number of hydrogen-bond acceptors (Lipinski definition) is 5. The smallest absolute Gasteiger partial charge is 0.336 e. The number of aliphatic hydroxyl groups excluding tert-OH is 1. The molecule has 1 atom stereocenters. The van der Waals surface area contributed by atoms with Gasteiger partial charge in [-0.1, -0.05) is 29.8 Å². The molecule has 23 heavy (non-hydrogen) atoms. The molecule has 0 bridgehead atoms. The van der Waals surface area contributed by atoms with Gasteiger partial charge in [-0.2, -0.15) is 5.26 Å². The number of allylic oxidation sites excluding steroid dienone is 2. The van der Waals surface area contributed by atoms with Crippen LogP contribution in [-0.2, 0) is 9.53 Å². The lowest BCUT2D eigenvalue weighted by atomic mass is 9.81. The lowest BCUT2D eigenvalue weighted by Crippen LogP contribution is -2.31. The van der Waals surface area contributed by atoms with Gasteiger partial charge in [0, 0.05) is 10.7 Å². The molecule has 1 aromatic carbocycles. The molecule has 0 amide bonds. The van der Waals surface area contributed by atoms with Gasteiger partial charge < -0.3 is 15.2 Å². The summed E-state index contributed by atoms with van der Waals surface area (Å²) < 4.78 is 5.11. The van der Waals surface area contributed by atoms with Crippen molar-refractivity contribution < 1.29 is 14.6 Å². The van der Waals surface area contributed by atoms with Gasteiger partial charge in [0.25, 0.3) is 0 Å². The Labute approximate surface area is 139 Å². The average Bonchev–Trinajstić information content (AvgIpc) is 2.54. The number of rotatable bonds is 4. The molecule has 0 saturated heterocycles. The van der Waals surface area contributed by atoms with Crippen LogP contribution in [-0.4, -0.2) is 24.3 Å². The van der Waals surface area contributed by atoms with E-state index in [2.05, 4.69) is 11.4 Å². The lowest BCUT2D eigenvalue weighted by Gasteiger charge is -2.29. The van der Waals surface area contributed by atoms with Crippen molar-refractivity contribution >= 4 is 17.6 Å². The van der Waals surface area contributed by atoms with Gasteiger partial charge in [0.2, 0.25) is 0 Å². The summed E-state index contributed by atoms with van der Waals surface area (Å²) >= 11 is 6.28. The predicted molar refractivity (Wildman–Crippen MR) is 86.4 cm³/mol. The van der Waals surface area contributed by atoms with Gasteiger partial charge >= 0.3 is 5.97 Å². The number of benzene rings is 1. The molecule has 1 aromatic rings. The molecule has 1 heterocycles. The van der Waals surface area contributed by atoms with Crippen LogP contribution in [0, 0.1) is 11.3 Å². The Kier molecular flexibility index (Phi) is 5.43. The number of dihydropyridines is 1. The highest BCUT2D eigenvalue weighted by molar-refractivity contribution is 6.31. The summed E-state index contributed by atoms with van der Waals surface area (Å²) in [5, 5.41) is 22.5. The van der Waals surface area contributed by atoms with E-state index in [9.17, 15) is 15.2 Å². The lowest BCUT2D eigenvalue weighted by molar-refractivity contribution is -0.138. The van der Waals surface area contributed by atoms with E-state index in [1.807, 2.05) is 0 Å². The molecular weight excluding hydrogens is 316 g/mol. The van der Waals surface area contributed by atoms with Crippen LogP contribution in [0.3, 0.4) is 0 Å². The molecule has 2 N–H and O–H groups in total. The van der Waals surface area contributed by atoms with Gasteiger partial charge in [-0.15, -0.1) is 0 Å². The SMILES string of the molecule is CCOC(=O)C1=C(CO)NC(C)=C(C#N)C1c1ccccc1Cl. The molecule has 2 rings (SSSR count). The predicted octanol–water partition coefficient (Wildman–Crippen LogP) is 2.63. The second kappa shape index (κ2) is 7.32. The van der Waals surface area contributed by atoms with Crippen LogP contribution >= 0.6 is 11.6 Å². The fourth-order valence-corrected chi connectivity index (χ4v) is 2.88. The average molecular weight is 333 g/mol. The third kappa shape index (κ3) is 3.24. The Morgan fingerprint density at radius 2 is 2.17 bits per heavy atom. The molecule has 1 unspecified atom stereocenters. The molecule has 1 aliphatic rings. The molecule has 0 saturated carbocycles. The maximum Gasteiger partial charge on any atom is 0.336 e. The van der Waals surface area contributed by atoms with Crippen LogP contribution in [0.25, 0.3) is 0 Å². The maximum atomic E-state index is 12.4. The number of ether oxygens (including phenoxy) is 1. The van der Waals surface area contributed by atoms with E-state index in [1.165, 1.54) is 0 Å². The van der Waals surface area contributed by atoms with Crippen molar-refractivity contribution in [2.45, 2.75) is 19.8 Å². The molecule has 6 heteroatoms. The number of aliphatic hydroxyl groups is 1. The van der Waals surface area contributed by atoms with E-state index in [-0.39, 0.29) is 18.8 Å². The Morgan fingerprint density at radius 1 is 1.48 bits per heavy atom. The topological polar surface area (TPSA) is 82.3 Å². The Morgan fingerprint density at radius 3 is 2.74 bits per heavy atom. The summed E-state index contributed by atoms with van der Waals surface area (Å²) in [6, 6.07) is 9.16. The molecule has 5 nitrogen and oxygen atoms in total. The number of halogens is 1. The van der Waals surface area contributed by atoms with E-state index < -0.39 is 11.9 Å². The molecule has 120 valence electrons. The minimum absolute atomic E-state index is 0.195. The van der Waals surface area contributed by atoms with Crippen LogP contribution in [0.5, 0.6) is 0 Å². The van der Waals surface area contributed by atoms with Crippen LogP contribution in [0.2, 0.25) is 5.02 Å². The molecule has 0 aliphatic carbocycles. The first-order chi connectivity index (χ1) is 11.0. The quantitative estimate of drug-likeness (QED) is 0.828. The molecular formula is C17H17ClN2O3. The van der Waals surface area contributed by atoms with Crippen LogP contribution < -0.4 is 5.32 Å². The van der Waals surface area contributed by atoms with E-state index >= 15 is 0 Å². The third-order valence-corrected chi connectivity index (χ3v) is 3.98. The maximum absolute atomic E-state index is 12.4. The Bertz CT molecular complexity index is 732. The van der Waals surface area contributed by atoms with Gasteiger partial charge in [0.15, 0.2) is 0 Å². The largest absolute Gasteiger partial charge is 0.463 e. The van der Waals surface area contributed by atoms with Gasteiger partial charge in [-0.25, -0.2) is 4.79 Å². The second-order valence-corrected chi connectivity index (χ2v) is 5.41. The number of esters is 1.